The number of nitrogen functional groups attached to an aromatic ring is 1. The van der Waals surface area contributed by atoms with Crippen LogP contribution < -0.4 is 10.5 Å². The van der Waals surface area contributed by atoms with Gasteiger partial charge in [0.15, 0.2) is 5.65 Å². The maximum Gasteiger partial charge on any atom is 0.240 e. The first kappa shape index (κ1) is 11.5. The highest BCUT2D eigenvalue weighted by atomic mass is 16.5. The van der Waals surface area contributed by atoms with Crippen LogP contribution in [-0.2, 0) is 0 Å². The van der Waals surface area contributed by atoms with E-state index in [2.05, 4.69) is 10.1 Å². The zero-order valence-electron chi connectivity index (χ0n) is 10.8. The lowest BCUT2D eigenvalue weighted by Crippen LogP contribution is -1.93. The lowest BCUT2D eigenvalue weighted by molar-refractivity contribution is 0.415. The lowest BCUT2D eigenvalue weighted by Gasteiger charge is -2.07. The third kappa shape index (κ3) is 1.99. The Morgan fingerprint density at radius 3 is 2.63 bits per heavy atom. The van der Waals surface area contributed by atoms with E-state index in [1.165, 1.54) is 0 Å². The van der Waals surface area contributed by atoms with Gasteiger partial charge in [0.25, 0.3) is 0 Å². The molecule has 0 aliphatic carbocycles. The number of fused-ring (bicyclic) bond motifs is 1. The van der Waals surface area contributed by atoms with Crippen molar-refractivity contribution in [2.75, 3.05) is 12.8 Å². The molecule has 0 spiro atoms. The van der Waals surface area contributed by atoms with Crippen LogP contribution in [-0.4, -0.2) is 21.7 Å². The van der Waals surface area contributed by atoms with Crippen molar-refractivity contribution < 1.29 is 4.74 Å². The average molecular weight is 254 g/mol. The van der Waals surface area contributed by atoms with Gasteiger partial charge in [-0.05, 0) is 36.2 Å². The van der Waals surface area contributed by atoms with Crippen molar-refractivity contribution in [1.82, 2.24) is 14.6 Å². The quantitative estimate of drug-likeness (QED) is 0.762. The predicted octanol–water partition coefficient (Wildman–Crippen LogP) is 2.30. The molecule has 5 heteroatoms. The molecule has 0 saturated heterocycles. The molecule has 1 aromatic carbocycles. The van der Waals surface area contributed by atoms with Crippen LogP contribution in [0.5, 0.6) is 5.75 Å². The number of methoxy groups -OCH3 is 1. The molecule has 5 nitrogen and oxygen atoms in total. The molecule has 0 unspecified atom stereocenters. The van der Waals surface area contributed by atoms with Crippen LogP contribution in [0.4, 0.5) is 5.95 Å². The Balaban J connectivity index is 2.14. The highest BCUT2D eigenvalue weighted by molar-refractivity contribution is 5.69. The molecular weight excluding hydrogens is 240 g/mol. The largest absolute Gasteiger partial charge is 0.497 e. The van der Waals surface area contributed by atoms with E-state index in [0.717, 1.165) is 28.1 Å². The minimum atomic E-state index is 0.284. The summed E-state index contributed by atoms with van der Waals surface area (Å²) >= 11 is 0. The Labute approximate surface area is 110 Å². The molecule has 96 valence electrons. The summed E-state index contributed by atoms with van der Waals surface area (Å²) in [5.41, 5.74) is 9.70. The molecule has 0 fully saturated rings. The van der Waals surface area contributed by atoms with Crippen LogP contribution in [0, 0.1) is 6.92 Å². The number of nitrogens with zero attached hydrogens (tertiary/aromatic N) is 3. The molecule has 2 aromatic heterocycles. The number of nitrogens with two attached hydrogens (primary N) is 1. The second-order valence-electron chi connectivity index (χ2n) is 4.37. The van der Waals surface area contributed by atoms with Crippen LogP contribution in [0.25, 0.3) is 16.8 Å². The van der Waals surface area contributed by atoms with Crippen molar-refractivity contribution in [1.29, 1.82) is 0 Å². The van der Waals surface area contributed by atoms with E-state index in [9.17, 15) is 0 Å². The van der Waals surface area contributed by atoms with E-state index < -0.39 is 0 Å². The van der Waals surface area contributed by atoms with Gasteiger partial charge in [-0.1, -0.05) is 12.1 Å². The number of rotatable bonds is 2. The number of ether oxygens (including phenoxy) is 1. The van der Waals surface area contributed by atoms with E-state index >= 15 is 0 Å². The van der Waals surface area contributed by atoms with Crippen molar-refractivity contribution in [2.24, 2.45) is 0 Å². The smallest absolute Gasteiger partial charge is 0.240 e. The zero-order chi connectivity index (χ0) is 13.4. The van der Waals surface area contributed by atoms with Gasteiger partial charge in [0.05, 0.1) is 7.11 Å². The summed E-state index contributed by atoms with van der Waals surface area (Å²) in [4.78, 5) is 4.15. The number of aryl methyl sites for hydroxylation is 1. The van der Waals surface area contributed by atoms with Crippen LogP contribution in [0.15, 0.2) is 36.5 Å². The van der Waals surface area contributed by atoms with E-state index in [1.54, 1.807) is 11.6 Å². The fourth-order valence-corrected chi connectivity index (χ4v) is 2.11. The Morgan fingerprint density at radius 2 is 1.95 bits per heavy atom. The second-order valence-corrected chi connectivity index (χ2v) is 4.37. The molecule has 0 aliphatic rings. The zero-order valence-corrected chi connectivity index (χ0v) is 10.8. The number of hydrogen-bond acceptors (Lipinski definition) is 4. The van der Waals surface area contributed by atoms with Gasteiger partial charge in [-0.3, -0.25) is 0 Å². The van der Waals surface area contributed by atoms with E-state index in [0.29, 0.717) is 0 Å². The topological polar surface area (TPSA) is 65.4 Å². The van der Waals surface area contributed by atoms with Crippen LogP contribution in [0.1, 0.15) is 5.56 Å². The van der Waals surface area contributed by atoms with E-state index in [4.69, 9.17) is 10.5 Å². The third-order valence-electron chi connectivity index (χ3n) is 3.10. The highest BCUT2D eigenvalue weighted by Crippen LogP contribution is 2.26. The molecule has 0 amide bonds. The molecule has 3 aromatic rings. The van der Waals surface area contributed by atoms with Gasteiger partial charge in [-0.15, -0.1) is 5.10 Å². The number of benzene rings is 1. The summed E-state index contributed by atoms with van der Waals surface area (Å²) in [6.45, 7) is 2.05. The molecule has 19 heavy (non-hydrogen) atoms. The van der Waals surface area contributed by atoms with Gasteiger partial charge in [-0.25, -0.2) is 4.52 Å². The average Bonchev–Trinajstić information content (AvgIpc) is 2.77. The summed E-state index contributed by atoms with van der Waals surface area (Å²) in [5, 5.41) is 4.13. The first-order valence-corrected chi connectivity index (χ1v) is 5.94. The van der Waals surface area contributed by atoms with Crippen molar-refractivity contribution in [3.8, 4) is 16.9 Å². The normalized spacial score (nSPS) is 10.8. The fourth-order valence-electron chi connectivity index (χ4n) is 2.11. The number of anilines is 1. The molecular formula is C14H14N4O. The van der Waals surface area contributed by atoms with Crippen molar-refractivity contribution in [3.63, 3.8) is 0 Å². The molecule has 2 heterocycles. The first-order valence-electron chi connectivity index (χ1n) is 5.94. The minimum absolute atomic E-state index is 0.284. The SMILES string of the molecule is COc1ccc(-c2cn3nc(N)nc3cc2C)cc1. The maximum absolute atomic E-state index is 5.61. The lowest BCUT2D eigenvalue weighted by atomic mass is 10.0. The molecule has 0 atom stereocenters. The van der Waals surface area contributed by atoms with Crippen LogP contribution >= 0.6 is 0 Å². The third-order valence-corrected chi connectivity index (χ3v) is 3.10. The molecule has 0 radical (unpaired) electrons. The summed E-state index contributed by atoms with van der Waals surface area (Å²) in [7, 11) is 1.66. The first-order chi connectivity index (χ1) is 9.17. The van der Waals surface area contributed by atoms with Crippen molar-refractivity contribution in [2.45, 2.75) is 6.92 Å². The van der Waals surface area contributed by atoms with Gasteiger partial charge in [0.2, 0.25) is 5.95 Å². The van der Waals surface area contributed by atoms with Crippen molar-refractivity contribution in [3.05, 3.63) is 42.1 Å². The Morgan fingerprint density at radius 1 is 1.21 bits per heavy atom. The van der Waals surface area contributed by atoms with Gasteiger partial charge in [-0.2, -0.15) is 4.98 Å². The molecule has 0 saturated carbocycles. The Kier molecular flexibility index (Phi) is 2.59. The Bertz CT molecular complexity index is 731. The molecule has 2 N–H and O–H groups in total. The van der Waals surface area contributed by atoms with Gasteiger partial charge < -0.3 is 10.5 Å². The molecule has 0 aliphatic heterocycles. The molecule has 3 rings (SSSR count). The maximum atomic E-state index is 5.61. The summed E-state index contributed by atoms with van der Waals surface area (Å²) in [6.07, 6.45) is 1.94. The predicted molar refractivity (Wildman–Crippen MR) is 74.1 cm³/mol. The van der Waals surface area contributed by atoms with Crippen molar-refractivity contribution >= 4 is 11.6 Å². The van der Waals surface area contributed by atoms with Crippen LogP contribution in [0.2, 0.25) is 0 Å². The number of hydrogen-bond donors (Lipinski definition) is 1. The standard InChI is InChI=1S/C14H14N4O/c1-9-7-13-16-14(15)17-18(13)8-12(9)10-3-5-11(19-2)6-4-10/h3-8H,1-2H3,(H2,15,17). The monoisotopic (exact) mass is 254 g/mol. The molecule has 0 bridgehead atoms. The number of aromatic nitrogens is 3. The van der Waals surface area contributed by atoms with Gasteiger partial charge in [0.1, 0.15) is 5.75 Å². The fraction of sp³-hybridized carbons (Fsp3) is 0.143. The van der Waals surface area contributed by atoms with E-state index in [1.807, 2.05) is 43.5 Å². The van der Waals surface area contributed by atoms with Gasteiger partial charge in [0, 0.05) is 11.8 Å². The van der Waals surface area contributed by atoms with Gasteiger partial charge >= 0.3 is 0 Å². The summed E-state index contributed by atoms with van der Waals surface area (Å²) < 4.78 is 6.86. The summed E-state index contributed by atoms with van der Waals surface area (Å²) in [6, 6.07) is 9.90. The van der Waals surface area contributed by atoms with Crippen LogP contribution in [0.3, 0.4) is 0 Å². The summed E-state index contributed by atoms with van der Waals surface area (Å²) in [5.74, 6) is 1.12. The Hall–Kier alpha value is -2.56. The van der Waals surface area contributed by atoms with E-state index in [-0.39, 0.29) is 5.95 Å². The highest BCUT2D eigenvalue weighted by Gasteiger charge is 2.07. The minimum Gasteiger partial charge on any atom is -0.497 e. The second kappa shape index (κ2) is 4.28. The number of pyridine rings is 1.